The third-order valence-electron chi connectivity index (χ3n) is 9.72. The van der Waals surface area contributed by atoms with Crippen LogP contribution in [-0.4, -0.2) is 71.2 Å². The molecule has 2 aromatic carbocycles. The van der Waals surface area contributed by atoms with Gasteiger partial charge in [0.15, 0.2) is 11.5 Å². The highest BCUT2D eigenvalue weighted by molar-refractivity contribution is 6.42. The van der Waals surface area contributed by atoms with Gasteiger partial charge < -0.3 is 19.5 Å². The van der Waals surface area contributed by atoms with Crippen molar-refractivity contribution in [1.29, 1.82) is 0 Å². The maximum Gasteiger partial charge on any atom is 0.337 e. The van der Waals surface area contributed by atoms with E-state index in [1.165, 1.54) is 5.56 Å². The molecule has 2 unspecified atom stereocenters. The van der Waals surface area contributed by atoms with Crippen molar-refractivity contribution in [3.8, 4) is 11.5 Å². The Kier molecular flexibility index (Phi) is 8.07. The first-order valence-corrected chi connectivity index (χ1v) is 15.7. The fraction of sp³-hybridized carbons (Fsp3) is 0.515. The molecule has 224 valence electrons. The minimum Gasteiger partial charge on any atom is -0.483 e. The van der Waals surface area contributed by atoms with Crippen LogP contribution in [0.2, 0.25) is 10.0 Å². The van der Waals surface area contributed by atoms with Crippen LogP contribution in [-0.2, 0) is 27.8 Å². The van der Waals surface area contributed by atoms with Crippen LogP contribution < -0.4 is 9.47 Å². The number of aliphatic hydroxyl groups is 1. The van der Waals surface area contributed by atoms with Crippen molar-refractivity contribution < 1.29 is 24.2 Å². The number of hydrogen-bond acceptors (Lipinski definition) is 6. The van der Waals surface area contributed by atoms with E-state index in [1.807, 2.05) is 17.0 Å². The zero-order valence-corrected chi connectivity index (χ0v) is 25.7. The molecule has 6 rings (SSSR count). The first-order chi connectivity index (χ1) is 20.2. The molecule has 2 aliphatic heterocycles. The van der Waals surface area contributed by atoms with Crippen molar-refractivity contribution in [3.05, 3.63) is 69.7 Å². The number of nitrogens with zero attached hydrogens (tertiary/aromatic N) is 2. The van der Waals surface area contributed by atoms with E-state index < -0.39 is 12.6 Å². The third kappa shape index (κ3) is 4.83. The Morgan fingerprint density at radius 2 is 2.05 bits per heavy atom. The van der Waals surface area contributed by atoms with Gasteiger partial charge in [-0.15, -0.1) is 6.58 Å². The number of halogens is 2. The lowest BCUT2D eigenvalue weighted by molar-refractivity contribution is -0.142. The van der Waals surface area contributed by atoms with Crippen molar-refractivity contribution in [3.63, 3.8) is 0 Å². The highest BCUT2D eigenvalue weighted by atomic mass is 35.5. The van der Waals surface area contributed by atoms with Crippen molar-refractivity contribution in [2.75, 3.05) is 26.2 Å². The van der Waals surface area contributed by atoms with Gasteiger partial charge in [0.2, 0.25) is 5.91 Å². The lowest BCUT2D eigenvalue weighted by Crippen LogP contribution is -2.69. The molecule has 5 atom stereocenters. The average Bonchev–Trinajstić information content (AvgIpc) is 3.31. The number of piperidine rings is 1. The number of esters is 1. The first kappa shape index (κ1) is 29.5. The van der Waals surface area contributed by atoms with Gasteiger partial charge in [0, 0.05) is 30.1 Å². The minimum atomic E-state index is -0.719. The van der Waals surface area contributed by atoms with Crippen LogP contribution in [0.25, 0.3) is 0 Å². The van der Waals surface area contributed by atoms with Gasteiger partial charge in [-0.25, -0.2) is 4.79 Å². The summed E-state index contributed by atoms with van der Waals surface area (Å²) in [6, 6.07) is 9.39. The first-order valence-electron chi connectivity index (χ1n) is 14.9. The Morgan fingerprint density at radius 1 is 1.24 bits per heavy atom. The zero-order chi connectivity index (χ0) is 29.8. The molecule has 2 heterocycles. The molecule has 1 saturated carbocycles. The van der Waals surface area contributed by atoms with Crippen molar-refractivity contribution in [2.24, 2.45) is 11.8 Å². The number of ether oxygens (including phenoxy) is 2. The van der Waals surface area contributed by atoms with Crippen LogP contribution in [0, 0.1) is 11.8 Å². The number of aliphatic hydroxyl groups excluding tert-OH is 1. The van der Waals surface area contributed by atoms with Crippen LogP contribution in [0.5, 0.6) is 11.5 Å². The van der Waals surface area contributed by atoms with Gasteiger partial charge in [-0.05, 0) is 73.4 Å². The molecule has 42 heavy (non-hydrogen) atoms. The molecule has 1 saturated heterocycles. The summed E-state index contributed by atoms with van der Waals surface area (Å²) in [4.78, 5) is 30.9. The number of carbonyl (C=O) groups is 2. The van der Waals surface area contributed by atoms with E-state index in [-0.39, 0.29) is 35.8 Å². The monoisotopic (exact) mass is 612 g/mol. The molecule has 2 aliphatic carbocycles. The number of rotatable bonds is 9. The van der Waals surface area contributed by atoms with Crippen LogP contribution in [0.4, 0.5) is 0 Å². The lowest BCUT2D eigenvalue weighted by Gasteiger charge is -2.60. The maximum atomic E-state index is 14.1. The van der Waals surface area contributed by atoms with E-state index in [1.54, 1.807) is 18.2 Å². The summed E-state index contributed by atoms with van der Waals surface area (Å²) < 4.78 is 12.5. The Morgan fingerprint density at radius 3 is 2.76 bits per heavy atom. The lowest BCUT2D eigenvalue weighted by atomic mass is 9.51. The SMILES string of the molecule is C=CCN1CC[C@]23c4c5ccc(OC(=O)CO)c4OC2C(N(CC(C)C)C(=O)Cc2ccc(Cl)c(Cl)c2)CC[C@H]3[C@H]1C5. The number of carbonyl (C=O) groups excluding carboxylic acids is 2. The Hall–Kier alpha value is -2.58. The second-order valence-corrected chi connectivity index (χ2v) is 13.4. The van der Waals surface area contributed by atoms with Crippen LogP contribution >= 0.6 is 23.2 Å². The molecule has 0 radical (unpaired) electrons. The third-order valence-corrected chi connectivity index (χ3v) is 10.5. The molecule has 2 fully saturated rings. The molecule has 1 N–H and O–H groups in total. The van der Waals surface area contributed by atoms with E-state index in [0.717, 1.165) is 49.9 Å². The van der Waals surface area contributed by atoms with Crippen LogP contribution in [0.15, 0.2) is 43.0 Å². The molecule has 0 aromatic heterocycles. The van der Waals surface area contributed by atoms with Crippen molar-refractivity contribution in [2.45, 2.75) is 69.6 Å². The number of benzene rings is 2. The molecule has 2 bridgehead atoms. The molecule has 7 nitrogen and oxygen atoms in total. The summed E-state index contributed by atoms with van der Waals surface area (Å²) in [6.45, 7) is 9.90. The number of amides is 1. The van der Waals surface area contributed by atoms with Gasteiger partial charge in [0.1, 0.15) is 12.7 Å². The van der Waals surface area contributed by atoms with Crippen LogP contribution in [0.1, 0.15) is 49.8 Å². The van der Waals surface area contributed by atoms with Gasteiger partial charge in [-0.2, -0.15) is 0 Å². The quantitative estimate of drug-likeness (QED) is 0.238. The van der Waals surface area contributed by atoms with E-state index in [0.29, 0.717) is 40.0 Å². The molecule has 1 amide bonds. The highest BCUT2D eigenvalue weighted by Gasteiger charge is 2.66. The fourth-order valence-corrected chi connectivity index (χ4v) is 8.60. The summed E-state index contributed by atoms with van der Waals surface area (Å²) in [7, 11) is 0. The Balaban J connectivity index is 1.41. The Bertz CT molecular complexity index is 1410. The minimum absolute atomic E-state index is 0.0325. The maximum absolute atomic E-state index is 14.1. The van der Waals surface area contributed by atoms with Crippen LogP contribution in [0.3, 0.4) is 0 Å². The summed E-state index contributed by atoms with van der Waals surface area (Å²) >= 11 is 12.4. The van der Waals surface area contributed by atoms with Gasteiger partial charge in [0.25, 0.3) is 0 Å². The molecular weight excluding hydrogens is 575 g/mol. The van der Waals surface area contributed by atoms with E-state index in [2.05, 4.69) is 31.4 Å². The predicted molar refractivity (Wildman–Crippen MR) is 162 cm³/mol. The van der Waals surface area contributed by atoms with Gasteiger partial charge in [-0.3, -0.25) is 9.69 Å². The van der Waals surface area contributed by atoms with E-state index >= 15 is 0 Å². The molecular formula is C33H38Cl2N2O5. The van der Waals surface area contributed by atoms with E-state index in [9.17, 15) is 14.7 Å². The summed E-state index contributed by atoms with van der Waals surface area (Å²) in [5, 5.41) is 10.3. The van der Waals surface area contributed by atoms with Gasteiger partial charge in [0.05, 0.1) is 22.5 Å². The molecule has 2 aromatic rings. The largest absolute Gasteiger partial charge is 0.483 e. The standard InChI is InChI=1S/C33H38Cl2N2O5/c1-4-12-36-13-11-33-22-7-9-25(37(17-19(2)3)28(39)15-20-5-8-23(34)24(35)14-20)32(33)42-31-27(41-29(40)18-38)10-6-21(30(31)33)16-26(22)36/h4-6,8,10,14,19,22,25-26,32,38H,1,7,9,11-13,15-18H2,2-3H3/t22-,25?,26+,32?,33-/m0/s1. The van der Waals surface area contributed by atoms with E-state index in [4.69, 9.17) is 32.7 Å². The average molecular weight is 614 g/mol. The summed E-state index contributed by atoms with van der Waals surface area (Å²) in [5.41, 5.74) is 2.88. The normalized spacial score (nSPS) is 27.3. The smallest absolute Gasteiger partial charge is 0.337 e. The summed E-state index contributed by atoms with van der Waals surface area (Å²) in [6.07, 6.45) is 5.50. The topological polar surface area (TPSA) is 79.3 Å². The zero-order valence-electron chi connectivity index (χ0n) is 24.2. The second-order valence-electron chi connectivity index (χ2n) is 12.6. The fourth-order valence-electron chi connectivity index (χ4n) is 8.28. The Labute approximate surface area is 257 Å². The highest BCUT2D eigenvalue weighted by Crippen LogP contribution is 2.64. The predicted octanol–water partition coefficient (Wildman–Crippen LogP) is 5.21. The number of likely N-dealkylation sites (tertiary alicyclic amines) is 1. The van der Waals surface area contributed by atoms with Crippen molar-refractivity contribution in [1.82, 2.24) is 9.80 Å². The summed E-state index contributed by atoms with van der Waals surface area (Å²) in [5.74, 6) is 0.864. The van der Waals surface area contributed by atoms with Gasteiger partial charge >= 0.3 is 5.97 Å². The molecule has 4 aliphatic rings. The molecule has 1 spiro atoms. The number of hydrogen-bond donors (Lipinski definition) is 1. The molecule has 9 heteroatoms. The van der Waals surface area contributed by atoms with Crippen molar-refractivity contribution >= 4 is 35.1 Å². The second kappa shape index (κ2) is 11.5. The van der Waals surface area contributed by atoms with Gasteiger partial charge in [-0.1, -0.05) is 55.3 Å².